The summed E-state index contributed by atoms with van der Waals surface area (Å²) in [6.07, 6.45) is 1.70. The molecule has 0 unspecified atom stereocenters. The molecule has 1 aliphatic heterocycles. The van der Waals surface area contributed by atoms with Gasteiger partial charge in [-0.25, -0.2) is 13.6 Å². The number of carbonyl (C=O) groups is 1. The molecule has 7 heteroatoms. The molecule has 0 aliphatic carbocycles. The van der Waals surface area contributed by atoms with Crippen LogP contribution in [0.1, 0.15) is 18.1 Å². The molecule has 2 aromatic rings. The van der Waals surface area contributed by atoms with Gasteiger partial charge < -0.3 is 10.1 Å². The maximum absolute atomic E-state index is 12.2. The van der Waals surface area contributed by atoms with Crippen molar-refractivity contribution in [3.05, 3.63) is 53.6 Å². The predicted octanol–water partition coefficient (Wildman–Crippen LogP) is 2.23. The Bertz CT molecular complexity index is 932. The van der Waals surface area contributed by atoms with Crippen molar-refractivity contribution in [1.29, 1.82) is 0 Å². The number of carbonyl (C=O) groups excluding carboxylic acids is 1. The SMILES string of the molecule is CCOc1ccc(C=C2C(=O)Nc3ccc(S(N)(=O)=O)cc32)cc1. The van der Waals surface area contributed by atoms with Crippen LogP contribution in [-0.2, 0) is 14.8 Å². The van der Waals surface area contributed by atoms with Gasteiger partial charge in [-0.05, 0) is 48.9 Å². The Hall–Kier alpha value is -2.64. The number of fused-ring (bicyclic) bond motifs is 1. The standard InChI is InChI=1S/C17H16N2O4S/c1-2-23-12-5-3-11(4-6-12)9-15-14-10-13(24(18,21)22)7-8-16(14)19-17(15)20/h3-10H,2H2,1H3,(H,19,20)(H2,18,21,22). The number of rotatable bonds is 4. The highest BCUT2D eigenvalue weighted by atomic mass is 32.2. The van der Waals surface area contributed by atoms with Crippen LogP contribution < -0.4 is 15.2 Å². The zero-order valence-electron chi connectivity index (χ0n) is 12.9. The molecule has 0 atom stereocenters. The van der Waals surface area contributed by atoms with Gasteiger partial charge in [-0.2, -0.15) is 0 Å². The summed E-state index contributed by atoms with van der Waals surface area (Å²) in [5, 5.41) is 7.87. The number of ether oxygens (including phenoxy) is 1. The molecule has 3 rings (SSSR count). The van der Waals surface area contributed by atoms with Gasteiger partial charge in [-0.3, -0.25) is 4.79 Å². The fourth-order valence-electron chi connectivity index (χ4n) is 2.48. The number of hydrogen-bond donors (Lipinski definition) is 2. The summed E-state index contributed by atoms with van der Waals surface area (Å²) < 4.78 is 28.4. The lowest BCUT2D eigenvalue weighted by molar-refractivity contribution is -0.110. The van der Waals surface area contributed by atoms with Crippen LogP contribution in [-0.4, -0.2) is 20.9 Å². The van der Waals surface area contributed by atoms with E-state index in [1.165, 1.54) is 18.2 Å². The zero-order chi connectivity index (χ0) is 17.3. The van der Waals surface area contributed by atoms with E-state index in [1.807, 2.05) is 31.2 Å². The largest absolute Gasteiger partial charge is 0.494 e. The van der Waals surface area contributed by atoms with E-state index in [4.69, 9.17) is 9.88 Å². The number of sulfonamides is 1. The molecule has 0 saturated carbocycles. The molecule has 0 bridgehead atoms. The maximum Gasteiger partial charge on any atom is 0.256 e. The Morgan fingerprint density at radius 1 is 1.17 bits per heavy atom. The summed E-state index contributed by atoms with van der Waals surface area (Å²) in [6, 6.07) is 11.6. The van der Waals surface area contributed by atoms with E-state index >= 15 is 0 Å². The molecule has 0 fully saturated rings. The fraction of sp³-hybridized carbons (Fsp3) is 0.118. The first-order valence-electron chi connectivity index (χ1n) is 7.31. The third kappa shape index (κ3) is 3.17. The number of amides is 1. The minimum atomic E-state index is -3.83. The molecule has 0 saturated heterocycles. The van der Waals surface area contributed by atoms with Gasteiger partial charge in [0.15, 0.2) is 0 Å². The molecule has 0 radical (unpaired) electrons. The average Bonchev–Trinajstić information content (AvgIpc) is 2.84. The number of hydrogen-bond acceptors (Lipinski definition) is 4. The summed E-state index contributed by atoms with van der Waals surface area (Å²) in [6.45, 7) is 2.48. The van der Waals surface area contributed by atoms with Crippen LogP contribution >= 0.6 is 0 Å². The van der Waals surface area contributed by atoms with Gasteiger partial charge in [0.25, 0.3) is 5.91 Å². The molecule has 2 aromatic carbocycles. The summed E-state index contributed by atoms with van der Waals surface area (Å²) in [4.78, 5) is 12.1. The highest BCUT2D eigenvalue weighted by molar-refractivity contribution is 7.89. The Morgan fingerprint density at radius 2 is 1.88 bits per heavy atom. The van der Waals surface area contributed by atoms with Gasteiger partial charge in [0, 0.05) is 16.8 Å². The van der Waals surface area contributed by atoms with Crippen LogP contribution in [0.5, 0.6) is 5.75 Å². The minimum Gasteiger partial charge on any atom is -0.494 e. The molecule has 1 amide bonds. The maximum atomic E-state index is 12.2. The van der Waals surface area contributed by atoms with Crippen molar-refractivity contribution in [3.8, 4) is 5.75 Å². The summed E-state index contributed by atoms with van der Waals surface area (Å²) in [7, 11) is -3.83. The molecular weight excluding hydrogens is 328 g/mol. The molecule has 1 heterocycles. The van der Waals surface area contributed by atoms with Gasteiger partial charge in [0.05, 0.1) is 11.5 Å². The Balaban J connectivity index is 2.02. The fourth-order valence-corrected chi connectivity index (χ4v) is 3.02. The highest BCUT2D eigenvalue weighted by Gasteiger charge is 2.25. The first kappa shape index (κ1) is 16.2. The van der Waals surface area contributed by atoms with Gasteiger partial charge in [0.2, 0.25) is 10.0 Å². The van der Waals surface area contributed by atoms with Crippen LogP contribution in [0, 0.1) is 0 Å². The number of anilines is 1. The second kappa shape index (κ2) is 6.10. The molecule has 24 heavy (non-hydrogen) atoms. The third-order valence-corrected chi connectivity index (χ3v) is 4.52. The molecule has 6 nitrogen and oxygen atoms in total. The van der Waals surface area contributed by atoms with Gasteiger partial charge >= 0.3 is 0 Å². The topological polar surface area (TPSA) is 98.5 Å². The second-order valence-electron chi connectivity index (χ2n) is 5.27. The van der Waals surface area contributed by atoms with E-state index < -0.39 is 10.0 Å². The molecule has 124 valence electrons. The predicted molar refractivity (Wildman–Crippen MR) is 91.9 cm³/mol. The highest BCUT2D eigenvalue weighted by Crippen LogP contribution is 2.34. The van der Waals surface area contributed by atoms with E-state index in [2.05, 4.69) is 5.32 Å². The lowest BCUT2D eigenvalue weighted by Gasteiger charge is -2.04. The molecule has 0 spiro atoms. The second-order valence-corrected chi connectivity index (χ2v) is 6.83. The van der Waals surface area contributed by atoms with E-state index in [9.17, 15) is 13.2 Å². The van der Waals surface area contributed by atoms with E-state index in [-0.39, 0.29) is 10.8 Å². The van der Waals surface area contributed by atoms with Gasteiger partial charge in [-0.1, -0.05) is 12.1 Å². The molecule has 1 aliphatic rings. The normalized spacial score (nSPS) is 15.2. The van der Waals surface area contributed by atoms with Crippen molar-refractivity contribution in [2.24, 2.45) is 5.14 Å². The molecular formula is C17H16N2O4S. The van der Waals surface area contributed by atoms with E-state index in [0.29, 0.717) is 23.4 Å². The van der Waals surface area contributed by atoms with Gasteiger partial charge in [0.1, 0.15) is 5.75 Å². The average molecular weight is 344 g/mol. The van der Waals surface area contributed by atoms with Crippen molar-refractivity contribution in [2.45, 2.75) is 11.8 Å². The number of nitrogens with one attached hydrogen (secondary N) is 1. The van der Waals surface area contributed by atoms with Crippen LogP contribution in [0.25, 0.3) is 11.6 Å². The van der Waals surface area contributed by atoms with Crippen molar-refractivity contribution in [1.82, 2.24) is 0 Å². The smallest absolute Gasteiger partial charge is 0.256 e. The third-order valence-electron chi connectivity index (χ3n) is 3.60. The monoisotopic (exact) mass is 344 g/mol. The molecule has 0 aromatic heterocycles. The lowest BCUT2D eigenvalue weighted by atomic mass is 10.0. The van der Waals surface area contributed by atoms with Crippen LogP contribution in [0.2, 0.25) is 0 Å². The van der Waals surface area contributed by atoms with E-state index in [1.54, 1.807) is 6.08 Å². The van der Waals surface area contributed by atoms with Crippen molar-refractivity contribution in [3.63, 3.8) is 0 Å². The van der Waals surface area contributed by atoms with Crippen molar-refractivity contribution >= 4 is 33.3 Å². The van der Waals surface area contributed by atoms with Gasteiger partial charge in [-0.15, -0.1) is 0 Å². The first-order valence-corrected chi connectivity index (χ1v) is 8.86. The van der Waals surface area contributed by atoms with Crippen LogP contribution in [0.15, 0.2) is 47.4 Å². The summed E-state index contributed by atoms with van der Waals surface area (Å²) in [5.74, 6) is 0.456. The van der Waals surface area contributed by atoms with Crippen LogP contribution in [0.4, 0.5) is 5.69 Å². The molecule has 3 N–H and O–H groups in total. The van der Waals surface area contributed by atoms with Crippen molar-refractivity contribution < 1.29 is 17.9 Å². The zero-order valence-corrected chi connectivity index (χ0v) is 13.8. The summed E-state index contributed by atoms with van der Waals surface area (Å²) in [5.41, 5.74) is 2.27. The van der Waals surface area contributed by atoms with Crippen molar-refractivity contribution in [2.75, 3.05) is 11.9 Å². The lowest BCUT2D eigenvalue weighted by Crippen LogP contribution is -2.12. The Labute approximate surface area is 140 Å². The Morgan fingerprint density at radius 3 is 2.50 bits per heavy atom. The first-order chi connectivity index (χ1) is 11.4. The Kier molecular flexibility index (Phi) is 4.13. The number of nitrogens with two attached hydrogens (primary N) is 1. The number of primary sulfonamides is 1. The van der Waals surface area contributed by atoms with E-state index in [0.717, 1.165) is 11.3 Å². The minimum absolute atomic E-state index is 0.0321. The summed E-state index contributed by atoms with van der Waals surface area (Å²) >= 11 is 0. The quantitative estimate of drug-likeness (QED) is 0.831. The van der Waals surface area contributed by atoms with Crippen LogP contribution in [0.3, 0.4) is 0 Å². The number of benzene rings is 2.